The number of nitrogens with two attached hydrogens (primary N) is 1. The molecule has 3 aromatic heterocycles. The summed E-state index contributed by atoms with van der Waals surface area (Å²) >= 11 is 1.71. The van der Waals surface area contributed by atoms with Crippen LogP contribution in [0, 0.1) is 0 Å². The van der Waals surface area contributed by atoms with Crippen molar-refractivity contribution in [3.05, 3.63) is 57.9 Å². The Balaban J connectivity index is 1.64. The number of hydrogen-bond donors (Lipinski definition) is 2. The van der Waals surface area contributed by atoms with E-state index in [0.717, 1.165) is 48.5 Å². The van der Waals surface area contributed by atoms with Crippen LogP contribution in [0.2, 0.25) is 0 Å². The zero-order valence-electron chi connectivity index (χ0n) is 17.2. The van der Waals surface area contributed by atoms with Crippen molar-refractivity contribution in [3.63, 3.8) is 0 Å². The SMILES string of the molecule is CN1CCCCc2c(NCc3cccs3)nc(-n3ncc4c(C(N)=O)cccc43)nc21. The molecular formula is C22H23N7OS. The number of carbonyl (C=O) groups excluding carboxylic acids is 1. The molecule has 9 heteroatoms. The van der Waals surface area contributed by atoms with Crippen molar-refractivity contribution in [2.75, 3.05) is 23.8 Å². The maximum Gasteiger partial charge on any atom is 0.255 e. The van der Waals surface area contributed by atoms with Crippen molar-refractivity contribution in [2.45, 2.75) is 25.8 Å². The van der Waals surface area contributed by atoms with Crippen molar-refractivity contribution < 1.29 is 4.79 Å². The van der Waals surface area contributed by atoms with Gasteiger partial charge in [-0.15, -0.1) is 11.3 Å². The van der Waals surface area contributed by atoms with Crippen molar-refractivity contribution in [3.8, 4) is 5.95 Å². The van der Waals surface area contributed by atoms with Crippen LogP contribution in [0.1, 0.15) is 33.6 Å². The number of fused-ring (bicyclic) bond motifs is 2. The maximum atomic E-state index is 11.8. The summed E-state index contributed by atoms with van der Waals surface area (Å²) in [4.78, 5) is 25.0. The smallest absolute Gasteiger partial charge is 0.255 e. The quantitative estimate of drug-likeness (QED) is 0.500. The van der Waals surface area contributed by atoms with Gasteiger partial charge >= 0.3 is 0 Å². The molecule has 0 spiro atoms. The molecule has 1 aliphatic rings. The van der Waals surface area contributed by atoms with Crippen LogP contribution in [0.25, 0.3) is 16.9 Å². The van der Waals surface area contributed by atoms with E-state index in [1.54, 1.807) is 34.3 Å². The molecule has 0 aliphatic carbocycles. The highest BCUT2D eigenvalue weighted by Crippen LogP contribution is 2.31. The Morgan fingerprint density at radius 3 is 2.94 bits per heavy atom. The summed E-state index contributed by atoms with van der Waals surface area (Å²) in [6.45, 7) is 1.65. The first kappa shape index (κ1) is 19.5. The fraction of sp³-hybridized carbons (Fsp3) is 0.273. The standard InChI is InChI=1S/C22H23N7OS/c1-28-10-3-2-7-16-20(24-12-14-6-5-11-31-14)26-22(27-21(16)28)29-18-9-4-8-15(19(23)30)17(18)13-25-29/h4-6,8-9,11,13H,2-3,7,10,12H2,1H3,(H2,23,30)(H,24,26,27). The number of rotatable bonds is 5. The van der Waals surface area contributed by atoms with Gasteiger partial charge in [-0.2, -0.15) is 19.7 Å². The van der Waals surface area contributed by atoms with Crippen LogP contribution in [0.3, 0.4) is 0 Å². The Bertz CT molecular complexity index is 1250. The molecule has 0 bridgehead atoms. The van der Waals surface area contributed by atoms with Gasteiger partial charge in [-0.25, -0.2) is 0 Å². The Morgan fingerprint density at radius 2 is 2.13 bits per heavy atom. The lowest BCUT2D eigenvalue weighted by Crippen LogP contribution is -2.21. The fourth-order valence-electron chi connectivity index (χ4n) is 4.01. The van der Waals surface area contributed by atoms with E-state index in [2.05, 4.69) is 33.8 Å². The Hall–Kier alpha value is -3.46. The average Bonchev–Trinajstić information content (AvgIpc) is 3.40. The molecule has 0 radical (unpaired) electrons. The minimum absolute atomic E-state index is 0.437. The summed E-state index contributed by atoms with van der Waals surface area (Å²) in [5.41, 5.74) is 7.86. The lowest BCUT2D eigenvalue weighted by Gasteiger charge is -2.21. The van der Waals surface area contributed by atoms with Crippen molar-refractivity contribution in [1.29, 1.82) is 0 Å². The number of aromatic nitrogens is 4. The average molecular weight is 434 g/mol. The molecular weight excluding hydrogens is 410 g/mol. The Kier molecular flexibility index (Phi) is 5.03. The third-order valence-electron chi connectivity index (χ3n) is 5.58. The molecule has 31 heavy (non-hydrogen) atoms. The van der Waals surface area contributed by atoms with E-state index < -0.39 is 5.91 Å². The topological polar surface area (TPSA) is 102 Å². The molecule has 0 unspecified atom stereocenters. The normalized spacial score (nSPS) is 13.8. The second-order valence-corrected chi connectivity index (χ2v) is 8.68. The van der Waals surface area contributed by atoms with Crippen molar-refractivity contribution >= 4 is 39.8 Å². The first-order valence-corrected chi connectivity index (χ1v) is 11.1. The monoisotopic (exact) mass is 433 g/mol. The molecule has 0 saturated heterocycles. The van der Waals surface area contributed by atoms with Gasteiger partial charge in [0.1, 0.15) is 11.6 Å². The van der Waals surface area contributed by atoms with Crippen molar-refractivity contribution in [1.82, 2.24) is 19.7 Å². The summed E-state index contributed by atoms with van der Waals surface area (Å²) in [5, 5.41) is 10.8. The van der Waals surface area contributed by atoms with Crippen molar-refractivity contribution in [2.24, 2.45) is 5.73 Å². The van der Waals surface area contributed by atoms with E-state index in [4.69, 9.17) is 15.7 Å². The molecule has 5 rings (SSSR count). The molecule has 4 heterocycles. The van der Waals surface area contributed by atoms with Gasteiger partial charge in [0.25, 0.3) is 5.95 Å². The molecule has 8 nitrogen and oxygen atoms in total. The van der Waals surface area contributed by atoms with Gasteiger partial charge in [-0.3, -0.25) is 4.79 Å². The third kappa shape index (κ3) is 3.61. The highest BCUT2D eigenvalue weighted by molar-refractivity contribution is 7.09. The third-order valence-corrected chi connectivity index (χ3v) is 6.46. The summed E-state index contributed by atoms with van der Waals surface area (Å²) in [6.07, 6.45) is 4.78. The molecule has 0 atom stereocenters. The number of nitrogens with zero attached hydrogens (tertiary/aromatic N) is 5. The van der Waals surface area contributed by atoms with E-state index >= 15 is 0 Å². The van der Waals surface area contributed by atoms with Crippen LogP contribution in [0.15, 0.2) is 41.9 Å². The Labute approximate surface area is 183 Å². The second kappa shape index (κ2) is 7.99. The zero-order chi connectivity index (χ0) is 21.4. The zero-order valence-corrected chi connectivity index (χ0v) is 18.0. The predicted octanol–water partition coefficient (Wildman–Crippen LogP) is 3.36. The number of amides is 1. The maximum absolute atomic E-state index is 11.8. The van der Waals surface area contributed by atoms with Crippen LogP contribution in [0.4, 0.5) is 11.6 Å². The number of primary amides is 1. The molecule has 1 aromatic carbocycles. The number of nitrogens with one attached hydrogen (secondary N) is 1. The first-order chi connectivity index (χ1) is 15.1. The van der Waals surface area contributed by atoms with E-state index in [-0.39, 0.29) is 0 Å². The number of carbonyl (C=O) groups is 1. The number of thiophene rings is 1. The number of hydrogen-bond acceptors (Lipinski definition) is 7. The minimum Gasteiger partial charge on any atom is -0.366 e. The number of benzene rings is 1. The summed E-state index contributed by atoms with van der Waals surface area (Å²) in [7, 11) is 2.07. The number of anilines is 2. The molecule has 4 aromatic rings. The summed E-state index contributed by atoms with van der Waals surface area (Å²) in [5.74, 6) is 1.74. The summed E-state index contributed by atoms with van der Waals surface area (Å²) in [6, 6.07) is 9.55. The largest absolute Gasteiger partial charge is 0.366 e. The van der Waals surface area contributed by atoms with Gasteiger partial charge in [-0.05, 0) is 42.8 Å². The molecule has 1 amide bonds. The second-order valence-electron chi connectivity index (χ2n) is 7.64. The van der Waals surface area contributed by atoms with Gasteiger partial charge < -0.3 is 16.0 Å². The van der Waals surface area contributed by atoms with Crippen LogP contribution in [-0.4, -0.2) is 39.2 Å². The fourth-order valence-corrected chi connectivity index (χ4v) is 4.66. The van der Waals surface area contributed by atoms with E-state index in [0.29, 0.717) is 23.4 Å². The van der Waals surface area contributed by atoms with Gasteiger partial charge in [0.15, 0.2) is 0 Å². The minimum atomic E-state index is -0.481. The van der Waals surface area contributed by atoms with Gasteiger partial charge in [0, 0.05) is 29.4 Å². The van der Waals surface area contributed by atoms with Gasteiger partial charge in [0.05, 0.1) is 23.8 Å². The molecule has 1 aliphatic heterocycles. The van der Waals surface area contributed by atoms with Crippen LogP contribution < -0.4 is 16.0 Å². The lowest BCUT2D eigenvalue weighted by molar-refractivity contribution is 0.100. The molecule has 0 saturated carbocycles. The van der Waals surface area contributed by atoms with Gasteiger partial charge in [-0.1, -0.05) is 12.1 Å². The van der Waals surface area contributed by atoms with E-state index in [1.165, 1.54) is 4.88 Å². The van der Waals surface area contributed by atoms with Crippen LogP contribution in [-0.2, 0) is 13.0 Å². The summed E-state index contributed by atoms with van der Waals surface area (Å²) < 4.78 is 1.68. The molecule has 3 N–H and O–H groups in total. The lowest BCUT2D eigenvalue weighted by atomic mass is 10.1. The highest BCUT2D eigenvalue weighted by Gasteiger charge is 2.22. The predicted molar refractivity (Wildman–Crippen MR) is 123 cm³/mol. The van der Waals surface area contributed by atoms with E-state index in [9.17, 15) is 4.79 Å². The van der Waals surface area contributed by atoms with Crippen LogP contribution >= 0.6 is 11.3 Å². The highest BCUT2D eigenvalue weighted by atomic mass is 32.1. The van der Waals surface area contributed by atoms with Gasteiger partial charge in [0.2, 0.25) is 5.91 Å². The van der Waals surface area contributed by atoms with E-state index in [1.807, 2.05) is 12.1 Å². The first-order valence-electron chi connectivity index (χ1n) is 10.3. The van der Waals surface area contributed by atoms with Crippen LogP contribution in [0.5, 0.6) is 0 Å². The Morgan fingerprint density at radius 1 is 1.23 bits per heavy atom. The molecule has 158 valence electrons. The molecule has 0 fully saturated rings.